The first kappa shape index (κ1) is 13.9. The summed E-state index contributed by atoms with van der Waals surface area (Å²) in [5, 5.41) is 5.47. The summed E-state index contributed by atoms with van der Waals surface area (Å²) in [6.45, 7) is -0.419. The van der Waals surface area contributed by atoms with Crippen molar-refractivity contribution in [1.82, 2.24) is 10.6 Å². The molecule has 1 amide bonds. The van der Waals surface area contributed by atoms with Crippen LogP contribution in [0.15, 0.2) is 22.7 Å². The Morgan fingerprint density at radius 3 is 2.95 bits per heavy atom. The Balaban J connectivity index is 1.69. The highest BCUT2D eigenvalue weighted by Crippen LogP contribution is 2.36. The summed E-state index contributed by atoms with van der Waals surface area (Å²) in [5.41, 5.74) is 2.28. The quantitative estimate of drug-likeness (QED) is 0.865. The van der Waals surface area contributed by atoms with Gasteiger partial charge in [-0.2, -0.15) is 0 Å². The molecule has 1 saturated heterocycles. The van der Waals surface area contributed by atoms with Gasteiger partial charge in [0.25, 0.3) is 5.92 Å². The van der Waals surface area contributed by atoms with E-state index in [9.17, 15) is 13.6 Å². The van der Waals surface area contributed by atoms with Crippen LogP contribution in [0.25, 0.3) is 0 Å². The molecule has 2 unspecified atom stereocenters. The van der Waals surface area contributed by atoms with Crippen LogP contribution >= 0.6 is 15.9 Å². The molecule has 0 radical (unpaired) electrons. The van der Waals surface area contributed by atoms with Gasteiger partial charge in [-0.1, -0.05) is 28.1 Å². The lowest BCUT2D eigenvalue weighted by Crippen LogP contribution is -2.41. The van der Waals surface area contributed by atoms with Crippen LogP contribution in [0.2, 0.25) is 0 Å². The molecule has 1 heterocycles. The van der Waals surface area contributed by atoms with Crippen LogP contribution < -0.4 is 10.6 Å². The zero-order valence-corrected chi connectivity index (χ0v) is 12.3. The van der Waals surface area contributed by atoms with Crippen molar-refractivity contribution in [3.8, 4) is 0 Å². The average Bonchev–Trinajstić information content (AvgIpc) is 2.95. The molecule has 1 aromatic carbocycles. The van der Waals surface area contributed by atoms with Gasteiger partial charge in [0.2, 0.25) is 5.91 Å². The molecule has 2 atom stereocenters. The summed E-state index contributed by atoms with van der Waals surface area (Å²) < 4.78 is 27.3. The van der Waals surface area contributed by atoms with Gasteiger partial charge in [0.15, 0.2) is 0 Å². The van der Waals surface area contributed by atoms with Gasteiger partial charge in [0.1, 0.15) is 0 Å². The van der Waals surface area contributed by atoms with Crippen LogP contribution in [0.1, 0.15) is 30.0 Å². The number of amides is 1. The van der Waals surface area contributed by atoms with Crippen molar-refractivity contribution >= 4 is 21.8 Å². The number of hydrogen-bond acceptors (Lipinski definition) is 2. The molecule has 2 aliphatic rings. The molecule has 108 valence electrons. The highest BCUT2D eigenvalue weighted by Gasteiger charge is 2.42. The number of halogens is 3. The predicted molar refractivity (Wildman–Crippen MR) is 74.7 cm³/mol. The van der Waals surface area contributed by atoms with E-state index in [1.54, 1.807) is 0 Å². The molecule has 3 nitrogen and oxygen atoms in total. The summed E-state index contributed by atoms with van der Waals surface area (Å²) >= 11 is 3.50. The maximum Gasteiger partial charge on any atom is 0.262 e. The summed E-state index contributed by atoms with van der Waals surface area (Å²) in [7, 11) is 0. The summed E-state index contributed by atoms with van der Waals surface area (Å²) in [5.74, 6) is -3.11. The number of rotatable bonds is 2. The first-order valence-electron chi connectivity index (χ1n) is 6.65. The number of hydrogen-bond donors (Lipinski definition) is 2. The topological polar surface area (TPSA) is 41.1 Å². The average molecular weight is 345 g/mol. The van der Waals surface area contributed by atoms with Gasteiger partial charge in [-0.3, -0.25) is 10.1 Å². The van der Waals surface area contributed by atoms with Gasteiger partial charge in [0, 0.05) is 10.9 Å². The summed E-state index contributed by atoms with van der Waals surface area (Å²) in [4.78, 5) is 12.1. The van der Waals surface area contributed by atoms with E-state index in [0.29, 0.717) is 0 Å². The van der Waals surface area contributed by atoms with E-state index in [2.05, 4.69) is 26.6 Å². The zero-order valence-electron chi connectivity index (χ0n) is 10.8. The van der Waals surface area contributed by atoms with Gasteiger partial charge in [-0.25, -0.2) is 8.78 Å². The third-order valence-corrected chi connectivity index (χ3v) is 4.70. The van der Waals surface area contributed by atoms with Crippen LogP contribution in [-0.4, -0.2) is 24.4 Å². The molecular weight excluding hydrogens is 330 g/mol. The standard InChI is InChI=1S/C14H15BrF2N2O/c15-10-3-1-2-9-8(10)4-5-11(9)19-13(20)12-6-14(16,17)7-18-12/h1-3,11-12,18H,4-7H2,(H,19,20). The van der Waals surface area contributed by atoms with Crippen molar-refractivity contribution < 1.29 is 13.6 Å². The van der Waals surface area contributed by atoms with Gasteiger partial charge < -0.3 is 5.32 Å². The number of carbonyl (C=O) groups is 1. The van der Waals surface area contributed by atoms with Gasteiger partial charge in [-0.15, -0.1) is 0 Å². The minimum Gasteiger partial charge on any atom is -0.348 e. The molecule has 3 rings (SSSR count). The molecule has 0 bridgehead atoms. The number of benzene rings is 1. The van der Waals surface area contributed by atoms with E-state index >= 15 is 0 Å². The first-order valence-corrected chi connectivity index (χ1v) is 7.44. The Morgan fingerprint density at radius 2 is 2.25 bits per heavy atom. The number of fused-ring (bicyclic) bond motifs is 1. The Morgan fingerprint density at radius 1 is 1.45 bits per heavy atom. The van der Waals surface area contributed by atoms with Crippen LogP contribution in [0, 0.1) is 0 Å². The molecule has 1 aliphatic heterocycles. The van der Waals surface area contributed by atoms with E-state index in [1.165, 1.54) is 5.56 Å². The third kappa shape index (κ3) is 2.59. The van der Waals surface area contributed by atoms with Crippen LogP contribution in [0.4, 0.5) is 8.78 Å². The van der Waals surface area contributed by atoms with Crippen LogP contribution in [-0.2, 0) is 11.2 Å². The highest BCUT2D eigenvalue weighted by atomic mass is 79.9. The highest BCUT2D eigenvalue weighted by molar-refractivity contribution is 9.10. The van der Waals surface area contributed by atoms with Crippen LogP contribution in [0.3, 0.4) is 0 Å². The molecule has 2 N–H and O–H groups in total. The smallest absolute Gasteiger partial charge is 0.262 e. The number of nitrogens with one attached hydrogen (secondary N) is 2. The molecule has 0 aromatic heterocycles. The second kappa shape index (κ2) is 5.07. The van der Waals surface area contributed by atoms with Gasteiger partial charge in [0.05, 0.1) is 18.6 Å². The fraction of sp³-hybridized carbons (Fsp3) is 0.500. The monoisotopic (exact) mass is 344 g/mol. The van der Waals surface area contributed by atoms with Crippen LogP contribution in [0.5, 0.6) is 0 Å². The lowest BCUT2D eigenvalue weighted by molar-refractivity contribution is -0.124. The van der Waals surface area contributed by atoms with Crippen molar-refractivity contribution in [3.05, 3.63) is 33.8 Å². The predicted octanol–water partition coefficient (Wildman–Crippen LogP) is 2.55. The Bertz CT molecular complexity index is 550. The Kier molecular flexibility index (Phi) is 3.54. The van der Waals surface area contributed by atoms with Gasteiger partial charge in [-0.05, 0) is 30.0 Å². The van der Waals surface area contributed by atoms with E-state index in [-0.39, 0.29) is 11.9 Å². The zero-order chi connectivity index (χ0) is 14.3. The molecule has 0 saturated carbocycles. The van der Waals surface area contributed by atoms with Crippen molar-refractivity contribution in [2.75, 3.05) is 6.54 Å². The molecule has 1 aliphatic carbocycles. The maximum absolute atomic E-state index is 13.1. The molecule has 20 heavy (non-hydrogen) atoms. The molecule has 0 spiro atoms. The SMILES string of the molecule is O=C(NC1CCc2c(Br)cccc21)C1CC(F)(F)CN1. The Labute approximate surface area is 124 Å². The number of carbonyl (C=O) groups excluding carboxylic acids is 1. The minimum absolute atomic E-state index is 0.0778. The molecule has 6 heteroatoms. The lowest BCUT2D eigenvalue weighted by atomic mass is 10.1. The Hall–Kier alpha value is -1.01. The third-order valence-electron chi connectivity index (χ3n) is 3.96. The van der Waals surface area contributed by atoms with Gasteiger partial charge >= 0.3 is 0 Å². The van der Waals surface area contributed by atoms with Crippen molar-refractivity contribution in [2.45, 2.75) is 37.3 Å². The van der Waals surface area contributed by atoms with Crippen molar-refractivity contribution in [2.24, 2.45) is 0 Å². The lowest BCUT2D eigenvalue weighted by Gasteiger charge is -2.17. The van der Waals surface area contributed by atoms with Crippen molar-refractivity contribution in [3.63, 3.8) is 0 Å². The first-order chi connectivity index (χ1) is 9.46. The summed E-state index contributed by atoms with van der Waals surface area (Å²) in [6, 6.07) is 5.01. The molecule has 1 aromatic rings. The minimum atomic E-state index is -2.78. The summed E-state index contributed by atoms with van der Waals surface area (Å²) in [6.07, 6.45) is 1.28. The molecular formula is C14H15BrF2N2O. The van der Waals surface area contributed by atoms with E-state index in [0.717, 1.165) is 22.9 Å². The second-order valence-electron chi connectivity index (χ2n) is 5.40. The fourth-order valence-electron chi connectivity index (χ4n) is 2.93. The van der Waals surface area contributed by atoms with E-state index in [4.69, 9.17) is 0 Å². The van der Waals surface area contributed by atoms with E-state index < -0.39 is 24.9 Å². The molecule has 1 fully saturated rings. The fourth-order valence-corrected chi connectivity index (χ4v) is 3.51. The normalized spacial score (nSPS) is 27.4. The maximum atomic E-state index is 13.1. The van der Waals surface area contributed by atoms with Crippen molar-refractivity contribution in [1.29, 1.82) is 0 Å². The number of alkyl halides is 2. The van der Waals surface area contributed by atoms with E-state index in [1.807, 2.05) is 18.2 Å². The second-order valence-corrected chi connectivity index (χ2v) is 6.26. The largest absolute Gasteiger partial charge is 0.348 e.